The van der Waals surface area contributed by atoms with Crippen LogP contribution in [0.15, 0.2) is 24.4 Å². The van der Waals surface area contributed by atoms with Gasteiger partial charge in [0.1, 0.15) is 4.88 Å². The minimum Gasteiger partial charge on any atom is -0.462 e. The van der Waals surface area contributed by atoms with Crippen LogP contribution in [-0.2, 0) is 14.9 Å². The van der Waals surface area contributed by atoms with Crippen molar-refractivity contribution in [3.63, 3.8) is 0 Å². The number of carbonyl (C=O) groups excluding carboxylic acids is 3. The Bertz CT molecular complexity index is 1040. The van der Waals surface area contributed by atoms with Gasteiger partial charge in [-0.15, -0.1) is 0 Å². The molecule has 2 aromatic rings. The Hall–Kier alpha value is -2.85. The summed E-state index contributed by atoms with van der Waals surface area (Å²) in [7, 11) is 1.35. The molecule has 31 heavy (non-hydrogen) atoms. The SMILES string of the molecule is CCOC(=O)c1cnc(NC(=O)N2CC3(CCN(C(=O)OC)C3)c3cc(Cl)ccc32)s1. The van der Waals surface area contributed by atoms with Crippen molar-refractivity contribution in [3.8, 4) is 0 Å². The molecule has 4 rings (SSSR count). The van der Waals surface area contributed by atoms with E-state index < -0.39 is 17.5 Å². The van der Waals surface area contributed by atoms with E-state index in [9.17, 15) is 14.4 Å². The molecule has 11 heteroatoms. The van der Waals surface area contributed by atoms with Crippen LogP contribution >= 0.6 is 22.9 Å². The van der Waals surface area contributed by atoms with Crippen LogP contribution in [0.2, 0.25) is 5.02 Å². The second-order valence-electron chi connectivity index (χ2n) is 7.35. The van der Waals surface area contributed by atoms with Crippen molar-refractivity contribution in [2.24, 2.45) is 0 Å². The summed E-state index contributed by atoms with van der Waals surface area (Å²) in [6, 6.07) is 5.02. The lowest BCUT2D eigenvalue weighted by atomic mass is 9.81. The summed E-state index contributed by atoms with van der Waals surface area (Å²) in [5, 5.41) is 3.62. The van der Waals surface area contributed by atoms with Crippen molar-refractivity contribution in [2.45, 2.75) is 18.8 Å². The molecule has 0 aliphatic carbocycles. The zero-order chi connectivity index (χ0) is 22.2. The van der Waals surface area contributed by atoms with E-state index in [1.165, 1.54) is 13.3 Å². The fourth-order valence-electron chi connectivity index (χ4n) is 4.12. The predicted molar refractivity (Wildman–Crippen MR) is 116 cm³/mol. The normalized spacial score (nSPS) is 19.5. The Kier molecular flexibility index (Phi) is 5.76. The van der Waals surface area contributed by atoms with Gasteiger partial charge in [-0.25, -0.2) is 19.4 Å². The van der Waals surface area contributed by atoms with E-state index in [0.29, 0.717) is 41.1 Å². The van der Waals surface area contributed by atoms with Crippen molar-refractivity contribution in [1.29, 1.82) is 0 Å². The first kappa shape index (κ1) is 21.4. The topological polar surface area (TPSA) is 101 Å². The molecule has 1 atom stereocenters. The smallest absolute Gasteiger partial charge is 0.409 e. The third-order valence-electron chi connectivity index (χ3n) is 5.51. The molecule has 1 N–H and O–H groups in total. The molecule has 1 saturated heterocycles. The summed E-state index contributed by atoms with van der Waals surface area (Å²) in [6.07, 6.45) is 1.67. The third-order valence-corrected chi connectivity index (χ3v) is 6.64. The molecule has 3 amide bonds. The number of ether oxygens (including phenoxy) is 2. The van der Waals surface area contributed by atoms with Gasteiger partial charge >= 0.3 is 18.1 Å². The lowest BCUT2D eigenvalue weighted by molar-refractivity contribution is 0.0531. The number of fused-ring (bicyclic) bond motifs is 2. The van der Waals surface area contributed by atoms with Crippen molar-refractivity contribution < 1.29 is 23.9 Å². The monoisotopic (exact) mass is 464 g/mol. The maximum Gasteiger partial charge on any atom is 0.409 e. The minimum atomic E-state index is -0.477. The van der Waals surface area contributed by atoms with E-state index in [4.69, 9.17) is 21.1 Å². The van der Waals surface area contributed by atoms with E-state index in [1.54, 1.807) is 28.9 Å². The van der Waals surface area contributed by atoms with Crippen LogP contribution in [0.5, 0.6) is 0 Å². The van der Waals surface area contributed by atoms with E-state index in [2.05, 4.69) is 10.3 Å². The van der Waals surface area contributed by atoms with Gasteiger partial charge in [-0.3, -0.25) is 10.2 Å². The number of urea groups is 1. The Labute approximate surface area is 187 Å². The molecular formula is C20H21ClN4O5S. The first-order valence-corrected chi connectivity index (χ1v) is 10.9. The average Bonchev–Trinajstić information content (AvgIpc) is 3.46. The number of halogens is 1. The van der Waals surface area contributed by atoms with Crippen LogP contribution in [0.25, 0.3) is 0 Å². The molecule has 0 saturated carbocycles. The first-order chi connectivity index (χ1) is 14.9. The highest BCUT2D eigenvalue weighted by molar-refractivity contribution is 7.17. The molecule has 1 spiro atoms. The molecule has 0 radical (unpaired) electrons. The molecule has 2 aliphatic rings. The Morgan fingerprint density at radius 3 is 2.87 bits per heavy atom. The number of benzene rings is 1. The number of esters is 1. The fraction of sp³-hybridized carbons (Fsp3) is 0.400. The summed E-state index contributed by atoms with van der Waals surface area (Å²) in [5.74, 6) is -0.477. The van der Waals surface area contributed by atoms with E-state index in [1.807, 2.05) is 6.07 Å². The van der Waals surface area contributed by atoms with E-state index in [0.717, 1.165) is 22.6 Å². The Balaban J connectivity index is 1.57. The van der Waals surface area contributed by atoms with Gasteiger partial charge < -0.3 is 14.4 Å². The first-order valence-electron chi connectivity index (χ1n) is 9.71. The van der Waals surface area contributed by atoms with Gasteiger partial charge in [0.15, 0.2) is 5.13 Å². The molecule has 1 aromatic heterocycles. The average molecular weight is 465 g/mol. The summed E-state index contributed by atoms with van der Waals surface area (Å²) in [6.45, 7) is 3.33. The number of aromatic nitrogens is 1. The highest BCUT2D eigenvalue weighted by Crippen LogP contribution is 2.47. The number of nitrogens with zero attached hydrogens (tertiary/aromatic N) is 3. The molecule has 3 heterocycles. The molecule has 1 aromatic carbocycles. The number of nitrogens with one attached hydrogen (secondary N) is 1. The van der Waals surface area contributed by atoms with Crippen molar-refractivity contribution in [2.75, 3.05) is 43.6 Å². The number of carbonyl (C=O) groups is 3. The zero-order valence-electron chi connectivity index (χ0n) is 17.0. The molecule has 164 valence electrons. The van der Waals surface area contributed by atoms with Crippen LogP contribution < -0.4 is 10.2 Å². The van der Waals surface area contributed by atoms with Crippen LogP contribution in [-0.4, -0.2) is 61.3 Å². The lowest BCUT2D eigenvalue weighted by Crippen LogP contribution is -2.41. The van der Waals surface area contributed by atoms with E-state index in [-0.39, 0.29) is 12.6 Å². The Morgan fingerprint density at radius 2 is 2.13 bits per heavy atom. The number of rotatable bonds is 3. The third kappa shape index (κ3) is 3.92. The molecular weight excluding hydrogens is 444 g/mol. The van der Waals surface area contributed by atoms with Gasteiger partial charge in [-0.2, -0.15) is 0 Å². The van der Waals surface area contributed by atoms with E-state index >= 15 is 0 Å². The van der Waals surface area contributed by atoms with Crippen molar-refractivity contribution >= 4 is 51.9 Å². The van der Waals surface area contributed by atoms with Gasteiger partial charge in [0.05, 0.1) is 19.9 Å². The number of hydrogen-bond donors (Lipinski definition) is 1. The Morgan fingerprint density at radius 1 is 1.32 bits per heavy atom. The number of methoxy groups -OCH3 is 1. The molecule has 0 bridgehead atoms. The highest BCUT2D eigenvalue weighted by Gasteiger charge is 2.50. The van der Waals surface area contributed by atoms with Crippen molar-refractivity contribution in [3.05, 3.63) is 39.9 Å². The zero-order valence-corrected chi connectivity index (χ0v) is 18.6. The number of hydrogen-bond acceptors (Lipinski definition) is 7. The van der Waals surface area contributed by atoms with Gasteiger partial charge in [0.2, 0.25) is 0 Å². The number of thiazole rings is 1. The van der Waals surface area contributed by atoms with Crippen LogP contribution in [0.1, 0.15) is 28.6 Å². The standard InChI is InChI=1S/C20H21ClN4O5S/c1-3-30-16(26)15-9-22-17(31-15)23-18(27)25-11-20(6-7-24(10-20)19(28)29-2)13-8-12(21)4-5-14(13)25/h4-5,8-9H,3,6-7,10-11H2,1-2H3,(H,22,23,27). The maximum absolute atomic E-state index is 13.1. The second kappa shape index (κ2) is 8.35. The second-order valence-corrected chi connectivity index (χ2v) is 8.82. The van der Waals surface area contributed by atoms with Crippen LogP contribution in [0.4, 0.5) is 20.4 Å². The number of anilines is 2. The lowest BCUT2D eigenvalue weighted by Gasteiger charge is -2.25. The van der Waals surface area contributed by atoms with Gasteiger partial charge in [-0.1, -0.05) is 22.9 Å². The summed E-state index contributed by atoms with van der Waals surface area (Å²) in [4.78, 5) is 44.7. The molecule has 1 unspecified atom stereocenters. The summed E-state index contributed by atoms with van der Waals surface area (Å²) >= 11 is 7.30. The maximum atomic E-state index is 13.1. The number of amides is 3. The number of likely N-dealkylation sites (tertiary alicyclic amines) is 1. The van der Waals surface area contributed by atoms with Gasteiger partial charge in [0.25, 0.3) is 0 Å². The summed E-state index contributed by atoms with van der Waals surface area (Å²) < 4.78 is 9.82. The predicted octanol–water partition coefficient (Wildman–Crippen LogP) is 3.74. The minimum absolute atomic E-state index is 0.260. The van der Waals surface area contributed by atoms with Crippen molar-refractivity contribution in [1.82, 2.24) is 9.88 Å². The molecule has 9 nitrogen and oxygen atoms in total. The molecule has 1 fully saturated rings. The molecule has 2 aliphatic heterocycles. The highest BCUT2D eigenvalue weighted by atomic mass is 35.5. The largest absolute Gasteiger partial charge is 0.462 e. The van der Waals surface area contributed by atoms with Gasteiger partial charge in [-0.05, 0) is 37.1 Å². The van der Waals surface area contributed by atoms with Crippen LogP contribution in [0, 0.1) is 0 Å². The quantitative estimate of drug-likeness (QED) is 0.694. The van der Waals surface area contributed by atoms with Crippen LogP contribution in [0.3, 0.4) is 0 Å². The summed E-state index contributed by atoms with van der Waals surface area (Å²) in [5.41, 5.74) is 1.23. The van der Waals surface area contributed by atoms with Gasteiger partial charge in [0, 0.05) is 35.8 Å². The fourth-order valence-corrected chi connectivity index (χ4v) is 4.99.